The van der Waals surface area contributed by atoms with Crippen molar-refractivity contribution in [2.24, 2.45) is 0 Å². The van der Waals surface area contributed by atoms with Crippen LogP contribution in [0.1, 0.15) is 16.7 Å². The molecule has 0 spiro atoms. The predicted octanol–water partition coefficient (Wildman–Crippen LogP) is 6.04. The highest BCUT2D eigenvalue weighted by molar-refractivity contribution is 9.10. The minimum Gasteiger partial charge on any atom is -0.380 e. The average molecular weight is 379 g/mol. The van der Waals surface area contributed by atoms with Gasteiger partial charge < -0.3 is 5.32 Å². The summed E-state index contributed by atoms with van der Waals surface area (Å²) in [4.78, 5) is 0. The average Bonchev–Trinajstić information content (AvgIpc) is 2.40. The molecule has 21 heavy (non-hydrogen) atoms. The maximum atomic E-state index is 13.0. The molecule has 0 aromatic heterocycles. The summed E-state index contributed by atoms with van der Waals surface area (Å²) in [6.07, 6.45) is -4.44. The molecule has 1 N–H and O–H groups in total. The first kappa shape index (κ1) is 16.2. The Morgan fingerprint density at radius 1 is 1.14 bits per heavy atom. The Kier molecular flexibility index (Phi) is 4.84. The zero-order valence-corrected chi connectivity index (χ0v) is 13.4. The molecule has 0 heterocycles. The van der Waals surface area contributed by atoms with Gasteiger partial charge in [-0.15, -0.1) is 0 Å². The molecule has 1 nitrogen and oxygen atoms in total. The second-order valence-corrected chi connectivity index (χ2v) is 5.92. The minimum absolute atomic E-state index is 0.0208. The third kappa shape index (κ3) is 4.14. The number of benzene rings is 2. The van der Waals surface area contributed by atoms with Crippen molar-refractivity contribution in [2.75, 3.05) is 5.32 Å². The van der Waals surface area contributed by atoms with Crippen LogP contribution in [0.2, 0.25) is 5.02 Å². The van der Waals surface area contributed by atoms with Crippen molar-refractivity contribution in [2.45, 2.75) is 19.6 Å². The van der Waals surface area contributed by atoms with Gasteiger partial charge in [0.05, 0.1) is 5.56 Å². The van der Waals surface area contributed by atoms with Gasteiger partial charge in [0, 0.05) is 21.7 Å². The van der Waals surface area contributed by atoms with Crippen LogP contribution >= 0.6 is 27.5 Å². The second kappa shape index (κ2) is 6.28. The van der Waals surface area contributed by atoms with Crippen molar-refractivity contribution >= 4 is 33.2 Å². The molecule has 2 aromatic rings. The number of nitrogens with one attached hydrogen (secondary N) is 1. The molecule has 0 fully saturated rings. The fourth-order valence-electron chi connectivity index (χ4n) is 1.92. The fourth-order valence-corrected chi connectivity index (χ4v) is 2.34. The first-order valence-electron chi connectivity index (χ1n) is 6.13. The second-order valence-electron chi connectivity index (χ2n) is 4.62. The highest BCUT2D eigenvalue weighted by atomic mass is 79.9. The van der Waals surface area contributed by atoms with E-state index < -0.39 is 11.7 Å². The number of aryl methyl sites for hydroxylation is 1. The number of anilines is 1. The van der Waals surface area contributed by atoms with Crippen LogP contribution in [0, 0.1) is 6.92 Å². The van der Waals surface area contributed by atoms with Crippen molar-refractivity contribution in [3.05, 3.63) is 62.6 Å². The van der Waals surface area contributed by atoms with Gasteiger partial charge >= 0.3 is 6.18 Å². The van der Waals surface area contributed by atoms with E-state index in [1.165, 1.54) is 12.1 Å². The van der Waals surface area contributed by atoms with E-state index in [0.717, 1.165) is 21.7 Å². The predicted molar refractivity (Wildman–Crippen MR) is 82.7 cm³/mol. The molecule has 0 amide bonds. The molecule has 2 rings (SSSR count). The number of alkyl halides is 3. The third-order valence-electron chi connectivity index (χ3n) is 2.99. The van der Waals surface area contributed by atoms with Crippen LogP contribution in [0.5, 0.6) is 0 Å². The Morgan fingerprint density at radius 2 is 1.86 bits per heavy atom. The topological polar surface area (TPSA) is 12.0 Å². The van der Waals surface area contributed by atoms with Crippen LogP contribution in [-0.2, 0) is 12.7 Å². The standard InChI is InChI=1S/C15H12BrClF3N/c1-9-6-10(2-4-13(9)16)8-21-14-5-3-11(17)7-12(14)15(18,19)20/h2-7,21H,8H2,1H3. The Labute approximate surface area is 134 Å². The lowest BCUT2D eigenvalue weighted by Gasteiger charge is -2.15. The summed E-state index contributed by atoms with van der Waals surface area (Å²) in [6.45, 7) is 2.23. The summed E-state index contributed by atoms with van der Waals surface area (Å²) < 4.78 is 39.9. The van der Waals surface area contributed by atoms with Crippen molar-refractivity contribution in [1.82, 2.24) is 0 Å². The molecule has 6 heteroatoms. The fraction of sp³-hybridized carbons (Fsp3) is 0.200. The molecule has 0 aliphatic rings. The van der Waals surface area contributed by atoms with Gasteiger partial charge in [-0.05, 0) is 42.3 Å². The molecule has 0 saturated carbocycles. The Hall–Kier alpha value is -1.20. The van der Waals surface area contributed by atoms with Gasteiger partial charge in [0.2, 0.25) is 0 Å². The molecule has 0 unspecified atom stereocenters. The van der Waals surface area contributed by atoms with E-state index >= 15 is 0 Å². The monoisotopic (exact) mass is 377 g/mol. The SMILES string of the molecule is Cc1cc(CNc2ccc(Cl)cc2C(F)(F)F)ccc1Br. The molecule has 0 atom stereocenters. The molecule has 2 aromatic carbocycles. The Morgan fingerprint density at radius 3 is 2.48 bits per heavy atom. The van der Waals surface area contributed by atoms with Crippen LogP contribution in [0.15, 0.2) is 40.9 Å². The van der Waals surface area contributed by atoms with Gasteiger partial charge in [0.1, 0.15) is 0 Å². The van der Waals surface area contributed by atoms with Gasteiger partial charge in [-0.2, -0.15) is 13.2 Å². The van der Waals surface area contributed by atoms with Crippen LogP contribution < -0.4 is 5.32 Å². The van der Waals surface area contributed by atoms with Crippen molar-refractivity contribution in [3.63, 3.8) is 0 Å². The highest BCUT2D eigenvalue weighted by Crippen LogP contribution is 2.36. The lowest BCUT2D eigenvalue weighted by Crippen LogP contribution is -2.11. The number of rotatable bonds is 3. The molecule has 112 valence electrons. The van der Waals surface area contributed by atoms with E-state index in [1.54, 1.807) is 0 Å². The van der Waals surface area contributed by atoms with E-state index in [2.05, 4.69) is 21.2 Å². The summed E-state index contributed by atoms with van der Waals surface area (Å²) in [5.74, 6) is 0. The first-order chi connectivity index (χ1) is 9.77. The van der Waals surface area contributed by atoms with Gasteiger partial charge in [-0.3, -0.25) is 0 Å². The highest BCUT2D eigenvalue weighted by Gasteiger charge is 2.33. The van der Waals surface area contributed by atoms with E-state index in [9.17, 15) is 13.2 Å². The third-order valence-corrected chi connectivity index (χ3v) is 4.12. The zero-order chi connectivity index (χ0) is 15.6. The van der Waals surface area contributed by atoms with Crippen molar-refractivity contribution in [1.29, 1.82) is 0 Å². The van der Waals surface area contributed by atoms with E-state index in [4.69, 9.17) is 11.6 Å². The molecule has 0 aliphatic carbocycles. The Bertz CT molecular complexity index is 656. The minimum atomic E-state index is -4.44. The summed E-state index contributed by atoms with van der Waals surface area (Å²) in [6, 6.07) is 9.35. The maximum absolute atomic E-state index is 13.0. The molecular formula is C15H12BrClF3N. The molecule has 0 bridgehead atoms. The number of hydrogen-bond acceptors (Lipinski definition) is 1. The summed E-state index contributed by atoms with van der Waals surface area (Å²) in [5, 5.41) is 2.88. The Balaban J connectivity index is 2.22. The van der Waals surface area contributed by atoms with E-state index in [-0.39, 0.29) is 10.7 Å². The van der Waals surface area contributed by atoms with Crippen molar-refractivity contribution < 1.29 is 13.2 Å². The first-order valence-corrected chi connectivity index (χ1v) is 7.30. The molecular weight excluding hydrogens is 367 g/mol. The largest absolute Gasteiger partial charge is 0.418 e. The number of hydrogen-bond donors (Lipinski definition) is 1. The van der Waals surface area contributed by atoms with Crippen LogP contribution in [-0.4, -0.2) is 0 Å². The van der Waals surface area contributed by atoms with Crippen LogP contribution in [0.3, 0.4) is 0 Å². The lowest BCUT2D eigenvalue weighted by molar-refractivity contribution is -0.136. The van der Waals surface area contributed by atoms with Gasteiger partial charge in [-0.25, -0.2) is 0 Å². The van der Waals surface area contributed by atoms with Crippen molar-refractivity contribution in [3.8, 4) is 0 Å². The maximum Gasteiger partial charge on any atom is 0.418 e. The molecule has 0 aliphatic heterocycles. The van der Waals surface area contributed by atoms with E-state index in [0.29, 0.717) is 6.54 Å². The normalized spacial score (nSPS) is 11.5. The number of halogens is 5. The summed E-state index contributed by atoms with van der Waals surface area (Å²) >= 11 is 9.03. The lowest BCUT2D eigenvalue weighted by atomic mass is 10.1. The van der Waals surface area contributed by atoms with Crippen LogP contribution in [0.25, 0.3) is 0 Å². The summed E-state index contributed by atoms with van der Waals surface area (Å²) in [5.41, 5.74) is 1.19. The van der Waals surface area contributed by atoms with Gasteiger partial charge in [-0.1, -0.05) is 39.7 Å². The molecule has 0 saturated heterocycles. The van der Waals surface area contributed by atoms with Gasteiger partial charge in [0.15, 0.2) is 0 Å². The van der Waals surface area contributed by atoms with Gasteiger partial charge in [0.25, 0.3) is 0 Å². The summed E-state index contributed by atoms with van der Waals surface area (Å²) in [7, 11) is 0. The quantitative estimate of drug-likeness (QED) is 0.686. The smallest absolute Gasteiger partial charge is 0.380 e. The zero-order valence-electron chi connectivity index (χ0n) is 11.1. The van der Waals surface area contributed by atoms with Crippen LogP contribution in [0.4, 0.5) is 18.9 Å². The molecule has 0 radical (unpaired) electrons. The van der Waals surface area contributed by atoms with E-state index in [1.807, 2.05) is 25.1 Å².